The highest BCUT2D eigenvalue weighted by atomic mass is 32.1. The fourth-order valence-corrected chi connectivity index (χ4v) is 2.40. The summed E-state index contributed by atoms with van der Waals surface area (Å²) >= 11 is 1.48. The van der Waals surface area contributed by atoms with Crippen LogP contribution in [0.3, 0.4) is 0 Å². The third-order valence-corrected chi connectivity index (χ3v) is 3.61. The summed E-state index contributed by atoms with van der Waals surface area (Å²) in [6, 6.07) is 4.18. The van der Waals surface area contributed by atoms with Gasteiger partial charge in [-0.25, -0.2) is 4.98 Å². The van der Waals surface area contributed by atoms with Gasteiger partial charge >= 0.3 is 0 Å². The Morgan fingerprint density at radius 1 is 1.55 bits per heavy atom. The average Bonchev–Trinajstić information content (AvgIpc) is 2.81. The monoisotopic (exact) mass is 294 g/mol. The number of ether oxygens (including phenoxy) is 1. The maximum Gasteiger partial charge on any atom is 0.270 e. The Morgan fingerprint density at radius 2 is 2.30 bits per heavy atom. The van der Waals surface area contributed by atoms with Gasteiger partial charge in [-0.3, -0.25) is 10.1 Å². The molecule has 7 heteroatoms. The molecule has 2 rings (SSSR count). The van der Waals surface area contributed by atoms with E-state index < -0.39 is 11.0 Å². The summed E-state index contributed by atoms with van der Waals surface area (Å²) in [5.74, 6) is 0.429. The Kier molecular flexibility index (Phi) is 4.31. The standard InChI is InChI=1S/C13H14N2O4S/c1-8-7-20-13(14-8)6-19-12-4-3-10(15(17)18)5-11(12)9(2)16/h3-5,7,9,16H,6H2,1-2H3/t9-/m1/s1. The van der Waals surface area contributed by atoms with E-state index in [0.29, 0.717) is 11.3 Å². The van der Waals surface area contributed by atoms with Crippen LogP contribution in [0.2, 0.25) is 0 Å². The second kappa shape index (κ2) is 5.98. The van der Waals surface area contributed by atoms with Gasteiger partial charge in [-0.15, -0.1) is 11.3 Å². The summed E-state index contributed by atoms with van der Waals surface area (Å²) in [7, 11) is 0. The minimum absolute atomic E-state index is 0.0710. The van der Waals surface area contributed by atoms with Gasteiger partial charge in [0.25, 0.3) is 5.69 Å². The van der Waals surface area contributed by atoms with E-state index in [9.17, 15) is 15.2 Å². The largest absolute Gasteiger partial charge is 0.486 e. The number of nitrogens with zero attached hydrogens (tertiary/aromatic N) is 2. The first-order chi connectivity index (χ1) is 9.47. The molecule has 0 bridgehead atoms. The van der Waals surface area contributed by atoms with Crippen molar-refractivity contribution in [3.63, 3.8) is 0 Å². The predicted molar refractivity (Wildman–Crippen MR) is 74.9 cm³/mol. The van der Waals surface area contributed by atoms with Crippen molar-refractivity contribution in [2.75, 3.05) is 0 Å². The number of aliphatic hydroxyl groups excluding tert-OH is 1. The Balaban J connectivity index is 2.20. The van der Waals surface area contributed by atoms with Crippen LogP contribution in [0.5, 0.6) is 5.75 Å². The lowest BCUT2D eigenvalue weighted by atomic mass is 10.1. The van der Waals surface area contributed by atoms with Crippen molar-refractivity contribution in [1.82, 2.24) is 4.98 Å². The molecule has 1 atom stereocenters. The number of non-ortho nitro benzene ring substituents is 1. The molecule has 0 unspecified atom stereocenters. The molecule has 20 heavy (non-hydrogen) atoms. The smallest absolute Gasteiger partial charge is 0.270 e. The lowest BCUT2D eigenvalue weighted by Crippen LogP contribution is -2.02. The average molecular weight is 294 g/mol. The van der Waals surface area contributed by atoms with Crippen molar-refractivity contribution in [3.8, 4) is 5.75 Å². The number of hydrogen-bond donors (Lipinski definition) is 1. The van der Waals surface area contributed by atoms with Gasteiger partial charge in [0.2, 0.25) is 0 Å². The molecule has 0 saturated heterocycles. The molecule has 0 aliphatic rings. The van der Waals surface area contributed by atoms with Crippen molar-refractivity contribution in [2.24, 2.45) is 0 Å². The van der Waals surface area contributed by atoms with Crippen molar-refractivity contribution >= 4 is 17.0 Å². The zero-order valence-electron chi connectivity index (χ0n) is 11.1. The van der Waals surface area contributed by atoms with Crippen LogP contribution >= 0.6 is 11.3 Å². The fraction of sp³-hybridized carbons (Fsp3) is 0.308. The molecular weight excluding hydrogens is 280 g/mol. The number of aromatic nitrogens is 1. The molecule has 0 aliphatic heterocycles. The number of thiazole rings is 1. The van der Waals surface area contributed by atoms with Crippen LogP contribution in [-0.4, -0.2) is 15.0 Å². The van der Waals surface area contributed by atoms with Gasteiger partial charge in [0, 0.05) is 28.8 Å². The van der Waals surface area contributed by atoms with Crippen molar-refractivity contribution in [1.29, 1.82) is 0 Å². The molecule has 0 aliphatic carbocycles. The number of benzene rings is 1. The quantitative estimate of drug-likeness (QED) is 0.676. The van der Waals surface area contributed by atoms with Crippen molar-refractivity contribution < 1.29 is 14.8 Å². The molecule has 0 saturated carbocycles. The number of rotatable bonds is 5. The molecule has 1 aromatic heterocycles. The van der Waals surface area contributed by atoms with Gasteiger partial charge < -0.3 is 9.84 Å². The van der Waals surface area contributed by atoms with E-state index in [1.807, 2.05) is 12.3 Å². The van der Waals surface area contributed by atoms with E-state index in [1.165, 1.54) is 29.5 Å². The maximum absolute atomic E-state index is 10.7. The fourth-order valence-electron chi connectivity index (χ4n) is 1.72. The molecule has 6 nitrogen and oxygen atoms in total. The molecule has 0 fully saturated rings. The van der Waals surface area contributed by atoms with E-state index in [2.05, 4.69) is 4.98 Å². The Morgan fingerprint density at radius 3 is 2.85 bits per heavy atom. The lowest BCUT2D eigenvalue weighted by molar-refractivity contribution is -0.385. The molecule has 1 heterocycles. The maximum atomic E-state index is 10.7. The first kappa shape index (κ1) is 14.4. The molecule has 1 aromatic carbocycles. The minimum atomic E-state index is -0.845. The number of aliphatic hydroxyl groups is 1. The molecule has 0 spiro atoms. The molecule has 0 radical (unpaired) electrons. The highest BCUT2D eigenvalue weighted by Crippen LogP contribution is 2.30. The highest BCUT2D eigenvalue weighted by molar-refractivity contribution is 7.09. The first-order valence-corrected chi connectivity index (χ1v) is 6.85. The molecular formula is C13H14N2O4S. The van der Waals surface area contributed by atoms with Crippen LogP contribution < -0.4 is 4.74 Å². The number of hydrogen-bond acceptors (Lipinski definition) is 6. The lowest BCUT2D eigenvalue weighted by Gasteiger charge is -2.12. The summed E-state index contributed by atoms with van der Waals surface area (Å²) in [5, 5.41) is 23.2. The minimum Gasteiger partial charge on any atom is -0.486 e. The van der Waals surface area contributed by atoms with Gasteiger partial charge in [0.05, 0.1) is 11.0 Å². The summed E-state index contributed by atoms with van der Waals surface area (Å²) in [5.41, 5.74) is 1.25. The second-order valence-corrected chi connectivity index (χ2v) is 5.27. The van der Waals surface area contributed by atoms with E-state index in [0.717, 1.165) is 10.7 Å². The van der Waals surface area contributed by atoms with Crippen LogP contribution in [0, 0.1) is 17.0 Å². The SMILES string of the molecule is Cc1csc(COc2ccc([N+](=O)[O-])cc2[C@@H](C)O)n1. The zero-order chi connectivity index (χ0) is 14.7. The number of nitro benzene ring substituents is 1. The van der Waals surface area contributed by atoms with E-state index in [-0.39, 0.29) is 12.3 Å². The number of nitro groups is 1. The van der Waals surface area contributed by atoms with Crippen LogP contribution in [0.15, 0.2) is 23.6 Å². The van der Waals surface area contributed by atoms with Gasteiger partial charge in [-0.1, -0.05) is 0 Å². The summed E-state index contributed by atoms with van der Waals surface area (Å²) < 4.78 is 5.60. The Hall–Kier alpha value is -1.99. The van der Waals surface area contributed by atoms with Crippen LogP contribution in [0.4, 0.5) is 5.69 Å². The molecule has 106 valence electrons. The zero-order valence-corrected chi connectivity index (χ0v) is 11.9. The van der Waals surface area contributed by atoms with Crippen LogP contribution in [0.1, 0.15) is 29.3 Å². The summed E-state index contributed by atoms with van der Waals surface area (Å²) in [6.45, 7) is 3.71. The van der Waals surface area contributed by atoms with E-state index in [4.69, 9.17) is 4.74 Å². The predicted octanol–water partition coefficient (Wildman–Crippen LogP) is 2.99. The summed E-state index contributed by atoms with van der Waals surface area (Å²) in [4.78, 5) is 14.5. The van der Waals surface area contributed by atoms with Gasteiger partial charge in [0.15, 0.2) is 0 Å². The Bertz CT molecular complexity index is 625. The molecule has 2 aromatic rings. The molecule has 1 N–H and O–H groups in total. The Labute approximate surface area is 119 Å². The van der Waals surface area contributed by atoms with Crippen molar-refractivity contribution in [2.45, 2.75) is 26.6 Å². The van der Waals surface area contributed by atoms with Gasteiger partial charge in [-0.2, -0.15) is 0 Å². The number of aryl methyl sites for hydroxylation is 1. The van der Waals surface area contributed by atoms with Crippen molar-refractivity contribution in [3.05, 3.63) is 50.0 Å². The van der Waals surface area contributed by atoms with Crippen LogP contribution in [0.25, 0.3) is 0 Å². The van der Waals surface area contributed by atoms with E-state index in [1.54, 1.807) is 6.92 Å². The van der Waals surface area contributed by atoms with Gasteiger partial charge in [0.1, 0.15) is 17.4 Å². The third kappa shape index (κ3) is 3.31. The van der Waals surface area contributed by atoms with E-state index >= 15 is 0 Å². The van der Waals surface area contributed by atoms with Gasteiger partial charge in [-0.05, 0) is 19.9 Å². The highest BCUT2D eigenvalue weighted by Gasteiger charge is 2.15. The third-order valence-electron chi connectivity index (χ3n) is 2.67. The summed E-state index contributed by atoms with van der Waals surface area (Å²) in [6.07, 6.45) is -0.845. The normalized spacial score (nSPS) is 12.2. The second-order valence-electron chi connectivity index (χ2n) is 4.33. The van der Waals surface area contributed by atoms with Crippen LogP contribution in [-0.2, 0) is 6.61 Å². The molecule has 0 amide bonds. The topological polar surface area (TPSA) is 85.5 Å². The first-order valence-electron chi connectivity index (χ1n) is 5.97.